The van der Waals surface area contributed by atoms with Crippen LogP contribution >= 0.6 is 11.6 Å². The fourth-order valence-electron chi connectivity index (χ4n) is 3.40. The van der Waals surface area contributed by atoms with E-state index in [4.69, 9.17) is 11.6 Å². The molecule has 2 N–H and O–H groups in total. The first kappa shape index (κ1) is 16.7. The van der Waals surface area contributed by atoms with E-state index in [0.717, 1.165) is 22.0 Å². The van der Waals surface area contributed by atoms with Crippen LogP contribution in [0.3, 0.4) is 0 Å². The lowest BCUT2D eigenvalue weighted by Gasteiger charge is -2.32. The van der Waals surface area contributed by atoms with E-state index in [-0.39, 0.29) is 18.4 Å². The molecule has 0 bridgehead atoms. The number of aromatic nitrogens is 1. The van der Waals surface area contributed by atoms with Crippen molar-refractivity contribution in [2.45, 2.75) is 19.0 Å². The maximum Gasteiger partial charge on any atom is 0.246 e. The van der Waals surface area contributed by atoms with Gasteiger partial charge in [0.1, 0.15) is 6.04 Å². The predicted octanol–water partition coefficient (Wildman–Crippen LogP) is 2.89. The largest absolute Gasteiger partial charge is 0.361 e. The third kappa shape index (κ3) is 3.18. The number of hydrogen-bond acceptors (Lipinski definition) is 2. The van der Waals surface area contributed by atoms with E-state index in [2.05, 4.69) is 10.3 Å². The molecule has 2 heterocycles. The highest BCUT2D eigenvalue weighted by atomic mass is 35.5. The monoisotopic (exact) mass is 367 g/mol. The summed E-state index contributed by atoms with van der Waals surface area (Å²) in [7, 11) is 0. The van der Waals surface area contributed by atoms with Gasteiger partial charge in [-0.2, -0.15) is 0 Å². The van der Waals surface area contributed by atoms with Gasteiger partial charge in [-0.05, 0) is 23.3 Å². The summed E-state index contributed by atoms with van der Waals surface area (Å²) < 4.78 is 0. The van der Waals surface area contributed by atoms with Crippen LogP contribution in [0, 0.1) is 0 Å². The second kappa shape index (κ2) is 6.84. The summed E-state index contributed by atoms with van der Waals surface area (Å²) in [4.78, 5) is 29.8. The number of H-pyrrole nitrogens is 1. The van der Waals surface area contributed by atoms with Gasteiger partial charge < -0.3 is 15.2 Å². The first-order chi connectivity index (χ1) is 12.6. The third-order valence-electron chi connectivity index (χ3n) is 4.70. The fourth-order valence-corrected chi connectivity index (χ4v) is 3.59. The molecule has 1 aromatic heterocycles. The highest BCUT2D eigenvalue weighted by molar-refractivity contribution is 6.31. The van der Waals surface area contributed by atoms with Gasteiger partial charge >= 0.3 is 0 Å². The van der Waals surface area contributed by atoms with Crippen LogP contribution in [0.25, 0.3) is 10.9 Å². The highest BCUT2D eigenvalue weighted by Crippen LogP contribution is 2.22. The Hall–Kier alpha value is -2.79. The van der Waals surface area contributed by atoms with Crippen LogP contribution in [0.2, 0.25) is 5.02 Å². The van der Waals surface area contributed by atoms with Crippen LogP contribution < -0.4 is 5.32 Å². The molecule has 5 nitrogen and oxygen atoms in total. The minimum Gasteiger partial charge on any atom is -0.361 e. The molecule has 3 aromatic rings. The van der Waals surface area contributed by atoms with E-state index in [1.807, 2.05) is 48.7 Å². The van der Waals surface area contributed by atoms with Gasteiger partial charge in [-0.3, -0.25) is 9.59 Å². The molecular weight excluding hydrogens is 350 g/mol. The van der Waals surface area contributed by atoms with E-state index < -0.39 is 6.04 Å². The number of nitrogens with zero attached hydrogens (tertiary/aromatic N) is 1. The molecular formula is C20H18ClN3O2. The molecule has 0 aliphatic carbocycles. The smallest absolute Gasteiger partial charge is 0.246 e. The normalized spacial score (nSPS) is 17.6. The van der Waals surface area contributed by atoms with Crippen molar-refractivity contribution in [3.63, 3.8) is 0 Å². The van der Waals surface area contributed by atoms with Crippen LogP contribution in [0.5, 0.6) is 0 Å². The minimum absolute atomic E-state index is 0.0500. The Balaban J connectivity index is 1.56. The number of nitrogens with one attached hydrogen (secondary N) is 2. The lowest BCUT2D eigenvalue weighted by Crippen LogP contribution is -2.58. The van der Waals surface area contributed by atoms with Gasteiger partial charge in [-0.1, -0.05) is 48.0 Å². The second-order valence-electron chi connectivity index (χ2n) is 6.47. The number of halogens is 1. The van der Waals surface area contributed by atoms with Crippen molar-refractivity contribution in [1.82, 2.24) is 15.2 Å². The number of amides is 2. The van der Waals surface area contributed by atoms with Crippen molar-refractivity contribution in [2.24, 2.45) is 0 Å². The SMILES string of the molecule is O=C1CN(Cc2ccccc2Cl)C(=O)C(Cc2c[nH]c3ccccc23)N1. The van der Waals surface area contributed by atoms with Crippen LogP contribution in [-0.2, 0) is 22.6 Å². The number of benzene rings is 2. The molecule has 2 amide bonds. The van der Waals surface area contributed by atoms with Gasteiger partial charge in [0.05, 0.1) is 6.54 Å². The fraction of sp³-hybridized carbons (Fsp3) is 0.200. The maximum absolute atomic E-state index is 12.9. The zero-order chi connectivity index (χ0) is 18.1. The Bertz CT molecular complexity index is 982. The number of rotatable bonds is 4. The van der Waals surface area contributed by atoms with Crippen molar-refractivity contribution >= 4 is 34.3 Å². The zero-order valence-corrected chi connectivity index (χ0v) is 14.8. The molecule has 26 heavy (non-hydrogen) atoms. The molecule has 1 aliphatic heterocycles. The van der Waals surface area contributed by atoms with E-state index in [1.165, 1.54) is 0 Å². The summed E-state index contributed by atoms with van der Waals surface area (Å²) in [6.45, 7) is 0.380. The number of aromatic amines is 1. The van der Waals surface area contributed by atoms with Crippen molar-refractivity contribution in [3.8, 4) is 0 Å². The number of fused-ring (bicyclic) bond motifs is 1. The molecule has 4 rings (SSSR count). The molecule has 1 aliphatic rings. The Morgan fingerprint density at radius 2 is 1.81 bits per heavy atom. The molecule has 0 spiro atoms. The van der Waals surface area contributed by atoms with Crippen LogP contribution in [0.15, 0.2) is 54.7 Å². The Labute approximate surface area is 155 Å². The summed E-state index contributed by atoms with van der Waals surface area (Å²) in [6, 6.07) is 14.7. The average Bonchev–Trinajstić information content (AvgIpc) is 3.04. The van der Waals surface area contributed by atoms with Crippen molar-refractivity contribution in [3.05, 3.63) is 70.9 Å². The summed E-state index contributed by atoms with van der Waals surface area (Å²) in [5, 5.41) is 4.49. The molecule has 132 valence electrons. The van der Waals surface area contributed by atoms with E-state index >= 15 is 0 Å². The number of carbonyl (C=O) groups excluding carboxylic acids is 2. The first-order valence-electron chi connectivity index (χ1n) is 8.48. The number of carbonyl (C=O) groups is 2. The van der Waals surface area contributed by atoms with E-state index in [1.54, 1.807) is 11.0 Å². The van der Waals surface area contributed by atoms with E-state index in [9.17, 15) is 9.59 Å². The molecule has 0 saturated carbocycles. The Kier molecular flexibility index (Phi) is 4.39. The molecule has 0 radical (unpaired) electrons. The minimum atomic E-state index is -0.571. The van der Waals surface area contributed by atoms with Gasteiger partial charge in [0, 0.05) is 35.1 Å². The zero-order valence-electron chi connectivity index (χ0n) is 14.0. The number of para-hydroxylation sites is 1. The lowest BCUT2D eigenvalue weighted by atomic mass is 10.0. The van der Waals surface area contributed by atoms with Crippen molar-refractivity contribution < 1.29 is 9.59 Å². The highest BCUT2D eigenvalue weighted by Gasteiger charge is 2.33. The Morgan fingerprint density at radius 1 is 1.04 bits per heavy atom. The summed E-state index contributed by atoms with van der Waals surface area (Å²) in [6.07, 6.45) is 2.35. The topological polar surface area (TPSA) is 65.2 Å². The van der Waals surface area contributed by atoms with E-state index in [0.29, 0.717) is 18.0 Å². The average molecular weight is 368 g/mol. The first-order valence-corrected chi connectivity index (χ1v) is 8.86. The maximum atomic E-state index is 12.9. The van der Waals surface area contributed by atoms with Gasteiger partial charge in [-0.25, -0.2) is 0 Å². The molecule has 6 heteroatoms. The molecule has 2 aromatic carbocycles. The molecule has 1 fully saturated rings. The van der Waals surface area contributed by atoms with Crippen molar-refractivity contribution in [2.75, 3.05) is 6.54 Å². The van der Waals surface area contributed by atoms with Gasteiger partial charge in [0.2, 0.25) is 11.8 Å². The number of hydrogen-bond donors (Lipinski definition) is 2. The quantitative estimate of drug-likeness (QED) is 0.744. The van der Waals surface area contributed by atoms with Gasteiger partial charge in [0.15, 0.2) is 0 Å². The molecule has 1 atom stereocenters. The van der Waals surface area contributed by atoms with Gasteiger partial charge in [0.25, 0.3) is 0 Å². The van der Waals surface area contributed by atoms with Crippen LogP contribution in [0.1, 0.15) is 11.1 Å². The second-order valence-corrected chi connectivity index (χ2v) is 6.88. The van der Waals surface area contributed by atoms with Crippen LogP contribution in [0.4, 0.5) is 0 Å². The number of piperazine rings is 1. The van der Waals surface area contributed by atoms with Crippen LogP contribution in [-0.4, -0.2) is 34.3 Å². The summed E-state index contributed by atoms with van der Waals surface area (Å²) >= 11 is 6.20. The Morgan fingerprint density at radius 3 is 2.65 bits per heavy atom. The molecule has 1 unspecified atom stereocenters. The van der Waals surface area contributed by atoms with Gasteiger partial charge in [-0.15, -0.1) is 0 Å². The standard InChI is InChI=1S/C20H18ClN3O2/c21-16-7-3-1-5-13(16)11-24-12-19(25)23-18(20(24)26)9-14-10-22-17-8-4-2-6-15(14)17/h1-8,10,18,22H,9,11-12H2,(H,23,25). The van der Waals surface area contributed by atoms with Crippen molar-refractivity contribution in [1.29, 1.82) is 0 Å². The predicted molar refractivity (Wildman–Crippen MR) is 101 cm³/mol. The lowest BCUT2D eigenvalue weighted by molar-refractivity contribution is -0.144. The summed E-state index contributed by atoms with van der Waals surface area (Å²) in [5.41, 5.74) is 2.87. The third-order valence-corrected chi connectivity index (χ3v) is 5.07. The summed E-state index contributed by atoms with van der Waals surface area (Å²) in [5.74, 6) is -0.240. The molecule has 1 saturated heterocycles.